The van der Waals surface area contributed by atoms with E-state index in [0.717, 1.165) is 10.6 Å². The number of hydrogen-bond donors (Lipinski definition) is 0. The van der Waals surface area contributed by atoms with E-state index < -0.39 is 0 Å². The fourth-order valence-corrected chi connectivity index (χ4v) is 1.73. The fraction of sp³-hybridized carbons (Fsp3) is 0.143. The van der Waals surface area contributed by atoms with E-state index in [1.807, 2.05) is 25.1 Å². The maximum absolute atomic E-state index is 5.81. The van der Waals surface area contributed by atoms with Crippen molar-refractivity contribution in [2.24, 2.45) is 0 Å². The summed E-state index contributed by atoms with van der Waals surface area (Å²) in [5.74, 6) is 0. The molecule has 0 radical (unpaired) electrons. The van der Waals surface area contributed by atoms with E-state index in [2.05, 4.69) is 14.8 Å². The van der Waals surface area contributed by atoms with E-state index in [-0.39, 0.29) is 0 Å². The van der Waals surface area contributed by atoms with Gasteiger partial charge in [0, 0.05) is 9.92 Å². The Kier molecular flexibility index (Phi) is 3.08. The number of halogens is 2. The minimum absolute atomic E-state index is 0.824. The summed E-state index contributed by atoms with van der Waals surface area (Å²) in [5, 5.41) is 0.824. The van der Waals surface area contributed by atoms with Crippen LogP contribution in [-0.4, -0.2) is 0 Å². The molecule has 0 heterocycles. The van der Waals surface area contributed by atoms with Gasteiger partial charge in [-0.15, -0.1) is 0 Å². The Labute approximate surface area is 77.2 Å². The van der Waals surface area contributed by atoms with Crippen molar-refractivity contribution in [1.29, 1.82) is 0 Å². The minimum atomic E-state index is 0.824. The molecule has 0 N–H and O–H groups in total. The van der Waals surface area contributed by atoms with Gasteiger partial charge in [-0.25, -0.2) is 0 Å². The molecule has 10 heavy (non-hydrogen) atoms. The second kappa shape index (κ2) is 3.65. The van der Waals surface area contributed by atoms with Crippen molar-refractivity contribution in [3.8, 4) is 0 Å². The molecule has 0 unspecified atom stereocenters. The van der Waals surface area contributed by atoms with E-state index in [1.165, 1.54) is 4.90 Å². The van der Waals surface area contributed by atoms with Crippen molar-refractivity contribution in [1.82, 2.24) is 0 Å². The normalized spacial score (nSPS) is 9.90. The molecule has 0 aromatic heterocycles. The van der Waals surface area contributed by atoms with Gasteiger partial charge in [-0.2, -0.15) is 0 Å². The maximum atomic E-state index is 5.81. The Morgan fingerprint density at radius 1 is 1.50 bits per heavy atom. The average molecular weight is 238 g/mol. The lowest BCUT2D eigenvalue weighted by Gasteiger charge is -1.98. The predicted octanol–water partition coefficient (Wildman–Crippen LogP) is 4.05. The van der Waals surface area contributed by atoms with Gasteiger partial charge in [-0.1, -0.05) is 11.6 Å². The van der Waals surface area contributed by atoms with Crippen LogP contribution in [-0.2, 0) is 0 Å². The monoisotopic (exact) mass is 236 g/mol. The molecule has 3 heteroatoms. The van der Waals surface area contributed by atoms with Crippen LogP contribution in [0.25, 0.3) is 0 Å². The van der Waals surface area contributed by atoms with E-state index in [9.17, 15) is 0 Å². The lowest BCUT2D eigenvalue weighted by atomic mass is 10.2. The summed E-state index contributed by atoms with van der Waals surface area (Å²) in [5.41, 5.74) is 1.12. The molecule has 0 amide bonds. The summed E-state index contributed by atoms with van der Waals surface area (Å²) in [6.45, 7) is 2.00. The zero-order chi connectivity index (χ0) is 7.56. The van der Waals surface area contributed by atoms with Crippen molar-refractivity contribution in [3.63, 3.8) is 0 Å². The lowest BCUT2D eigenvalue weighted by Crippen LogP contribution is -1.74. The van der Waals surface area contributed by atoms with Gasteiger partial charge in [-0.05, 0) is 55.7 Å². The first-order chi connectivity index (χ1) is 4.74. The van der Waals surface area contributed by atoms with Crippen molar-refractivity contribution < 1.29 is 0 Å². The highest BCUT2D eigenvalue weighted by Crippen LogP contribution is 2.27. The van der Waals surface area contributed by atoms with Crippen molar-refractivity contribution in [3.05, 3.63) is 28.8 Å². The van der Waals surface area contributed by atoms with Crippen LogP contribution in [0.1, 0.15) is 5.56 Å². The molecular weight excluding hydrogens is 232 g/mol. The Bertz CT molecular complexity index is 237. The predicted molar refractivity (Wildman–Crippen MR) is 51.0 cm³/mol. The Morgan fingerprint density at radius 2 is 2.20 bits per heavy atom. The summed E-state index contributed by atoms with van der Waals surface area (Å²) in [7, 11) is 1.55. The van der Waals surface area contributed by atoms with Crippen LogP contribution < -0.4 is 0 Å². The van der Waals surface area contributed by atoms with Crippen LogP contribution in [0.2, 0.25) is 5.02 Å². The van der Waals surface area contributed by atoms with Crippen LogP contribution in [0.5, 0.6) is 0 Å². The number of benzene rings is 1. The third kappa shape index (κ3) is 1.91. The Hall–Kier alpha value is 0.340. The third-order valence-electron chi connectivity index (χ3n) is 1.22. The summed E-state index contributed by atoms with van der Waals surface area (Å²) in [6.07, 6.45) is 0. The van der Waals surface area contributed by atoms with Gasteiger partial charge >= 0.3 is 0 Å². The SMILES string of the molecule is Cc1cc(SBr)ccc1Cl. The van der Waals surface area contributed by atoms with Crippen LogP contribution in [0, 0.1) is 6.92 Å². The Morgan fingerprint density at radius 3 is 2.70 bits per heavy atom. The fourth-order valence-electron chi connectivity index (χ4n) is 0.665. The summed E-state index contributed by atoms with van der Waals surface area (Å²) < 4.78 is 0. The number of hydrogen-bond acceptors (Lipinski definition) is 1. The first-order valence-electron chi connectivity index (χ1n) is 2.79. The molecule has 1 rings (SSSR count). The van der Waals surface area contributed by atoms with Crippen molar-refractivity contribution in [2.75, 3.05) is 0 Å². The first kappa shape index (κ1) is 8.44. The van der Waals surface area contributed by atoms with Crippen LogP contribution in [0.4, 0.5) is 0 Å². The molecule has 54 valence electrons. The van der Waals surface area contributed by atoms with Crippen LogP contribution in [0.3, 0.4) is 0 Å². The summed E-state index contributed by atoms with van der Waals surface area (Å²) >= 11 is 9.10. The molecule has 0 spiro atoms. The van der Waals surface area contributed by atoms with Gasteiger partial charge in [0.05, 0.1) is 0 Å². The lowest BCUT2D eigenvalue weighted by molar-refractivity contribution is 1.37. The van der Waals surface area contributed by atoms with E-state index in [0.29, 0.717) is 0 Å². The zero-order valence-corrected chi connectivity index (χ0v) is 8.55. The van der Waals surface area contributed by atoms with Crippen molar-refractivity contribution >= 4 is 36.6 Å². The molecule has 0 bridgehead atoms. The molecule has 1 aromatic carbocycles. The number of aryl methyl sites for hydroxylation is 1. The quantitative estimate of drug-likeness (QED) is 0.710. The molecule has 0 atom stereocenters. The summed E-state index contributed by atoms with van der Waals surface area (Å²) in [4.78, 5) is 1.18. The highest BCUT2D eigenvalue weighted by Gasteiger charge is 1.95. The molecule has 1 aromatic rings. The standard InChI is InChI=1S/C7H6BrClS/c1-5-4-6(10-8)2-3-7(5)9/h2-4H,1H3. The molecule has 0 aliphatic carbocycles. The molecule has 0 saturated heterocycles. The smallest absolute Gasteiger partial charge is 0.0435 e. The Balaban J connectivity index is 3.04. The van der Waals surface area contributed by atoms with Gasteiger partial charge < -0.3 is 0 Å². The molecule has 0 aliphatic rings. The second-order valence-electron chi connectivity index (χ2n) is 1.99. The average Bonchev–Trinajstić information content (AvgIpc) is 1.95. The van der Waals surface area contributed by atoms with E-state index in [1.54, 1.807) is 10.2 Å². The van der Waals surface area contributed by atoms with Gasteiger partial charge in [0.15, 0.2) is 0 Å². The van der Waals surface area contributed by atoms with Crippen LogP contribution >= 0.6 is 36.6 Å². The summed E-state index contributed by atoms with van der Waals surface area (Å²) in [6, 6.07) is 5.93. The molecule has 0 nitrogen and oxygen atoms in total. The van der Waals surface area contributed by atoms with Crippen molar-refractivity contribution in [2.45, 2.75) is 11.8 Å². The van der Waals surface area contributed by atoms with Gasteiger partial charge in [0.1, 0.15) is 0 Å². The van der Waals surface area contributed by atoms with Crippen LogP contribution in [0.15, 0.2) is 23.1 Å². The molecule has 0 fully saturated rings. The third-order valence-corrected chi connectivity index (χ3v) is 3.20. The van der Waals surface area contributed by atoms with Gasteiger partial charge in [-0.3, -0.25) is 0 Å². The highest BCUT2D eigenvalue weighted by molar-refractivity contribution is 9.50. The van der Waals surface area contributed by atoms with Gasteiger partial charge in [0.2, 0.25) is 0 Å². The molecule has 0 saturated carbocycles. The first-order valence-corrected chi connectivity index (χ1v) is 5.82. The second-order valence-corrected chi connectivity index (χ2v) is 3.99. The molecular formula is C7H6BrClS. The molecule has 0 aliphatic heterocycles. The number of rotatable bonds is 1. The zero-order valence-electron chi connectivity index (χ0n) is 5.40. The largest absolute Gasteiger partial charge is 0.0841 e. The highest BCUT2D eigenvalue weighted by atomic mass is 79.9. The van der Waals surface area contributed by atoms with E-state index >= 15 is 0 Å². The minimum Gasteiger partial charge on any atom is -0.0841 e. The topological polar surface area (TPSA) is 0 Å². The van der Waals surface area contributed by atoms with Gasteiger partial charge in [0.25, 0.3) is 0 Å². The van der Waals surface area contributed by atoms with E-state index in [4.69, 9.17) is 11.6 Å². The maximum Gasteiger partial charge on any atom is 0.0435 e.